The van der Waals surface area contributed by atoms with Gasteiger partial charge in [0.1, 0.15) is 29.6 Å². The molecule has 3 aromatic heterocycles. The normalized spacial score (nSPS) is 25.9. The summed E-state index contributed by atoms with van der Waals surface area (Å²) >= 11 is 6.37. The zero-order chi connectivity index (χ0) is 25.9. The van der Waals surface area contributed by atoms with Gasteiger partial charge in [-0.25, -0.2) is 19.9 Å². The lowest BCUT2D eigenvalue weighted by Gasteiger charge is -2.65. The van der Waals surface area contributed by atoms with E-state index in [0.29, 0.717) is 17.0 Å². The van der Waals surface area contributed by atoms with Gasteiger partial charge in [0, 0.05) is 34.6 Å². The molecule has 10 heteroatoms. The Hall–Kier alpha value is -3.56. The SMILES string of the molecule is Cc1ccc(NC(=O)C23CC(Cl)(C2)C3)cc1Nc1ncccc1-c1ncnc2c1ncn2C1CCCCO1. The highest BCUT2D eigenvalue weighted by molar-refractivity contribution is 6.27. The molecule has 3 aliphatic carbocycles. The number of carbonyl (C=O) groups excluding carboxylic acids is 1. The van der Waals surface area contributed by atoms with E-state index in [1.165, 1.54) is 0 Å². The summed E-state index contributed by atoms with van der Waals surface area (Å²) in [5, 5.41) is 6.56. The molecule has 0 spiro atoms. The molecular formula is C28H28ClN7O2. The number of nitrogens with one attached hydrogen (secondary N) is 2. The number of benzene rings is 1. The third-order valence-corrected chi connectivity index (χ3v) is 8.48. The Morgan fingerprint density at radius 2 is 2.00 bits per heavy atom. The molecule has 1 aromatic carbocycles. The van der Waals surface area contributed by atoms with Crippen LogP contribution >= 0.6 is 11.6 Å². The minimum absolute atomic E-state index is 0.0502. The fourth-order valence-corrected chi connectivity index (χ4v) is 6.80. The van der Waals surface area contributed by atoms with Gasteiger partial charge in [-0.1, -0.05) is 6.07 Å². The van der Waals surface area contributed by atoms with E-state index in [0.717, 1.165) is 73.3 Å². The highest BCUT2D eigenvalue weighted by Gasteiger charge is 2.70. The zero-order valence-corrected chi connectivity index (χ0v) is 21.8. The molecule has 1 saturated heterocycles. The molecule has 0 radical (unpaired) electrons. The number of hydrogen-bond donors (Lipinski definition) is 2. The predicted octanol–water partition coefficient (Wildman–Crippen LogP) is 5.74. The van der Waals surface area contributed by atoms with E-state index in [4.69, 9.17) is 16.3 Å². The number of anilines is 3. The largest absolute Gasteiger partial charge is 0.358 e. The Kier molecular flexibility index (Phi) is 5.42. The number of aryl methyl sites for hydroxylation is 1. The summed E-state index contributed by atoms with van der Waals surface area (Å²) < 4.78 is 7.97. The summed E-state index contributed by atoms with van der Waals surface area (Å²) in [4.78, 5) is 31.2. The lowest BCUT2D eigenvalue weighted by atomic mass is 9.43. The number of nitrogens with zero attached hydrogens (tertiary/aromatic N) is 5. The number of fused-ring (bicyclic) bond motifs is 1. The lowest BCUT2D eigenvalue weighted by molar-refractivity contribution is -0.152. The van der Waals surface area contributed by atoms with Crippen molar-refractivity contribution >= 4 is 45.9 Å². The van der Waals surface area contributed by atoms with E-state index in [-0.39, 0.29) is 22.4 Å². The number of rotatable bonds is 6. The molecule has 2 bridgehead atoms. The molecule has 1 atom stereocenters. The Bertz CT molecular complexity index is 1540. The van der Waals surface area contributed by atoms with Gasteiger partial charge < -0.3 is 15.4 Å². The molecule has 1 amide bonds. The Morgan fingerprint density at radius 1 is 1.13 bits per heavy atom. The van der Waals surface area contributed by atoms with Gasteiger partial charge >= 0.3 is 0 Å². The van der Waals surface area contributed by atoms with Crippen LogP contribution in [0.5, 0.6) is 0 Å². The molecule has 8 rings (SSSR count). The zero-order valence-electron chi connectivity index (χ0n) is 21.1. The number of amides is 1. The average Bonchev–Trinajstić information content (AvgIpc) is 3.33. The summed E-state index contributed by atoms with van der Waals surface area (Å²) in [6, 6.07) is 9.71. The van der Waals surface area contributed by atoms with Gasteiger partial charge in [-0.2, -0.15) is 0 Å². The fourth-order valence-electron chi connectivity index (χ4n) is 6.03. The second kappa shape index (κ2) is 8.74. The summed E-state index contributed by atoms with van der Waals surface area (Å²) in [7, 11) is 0. The second-order valence-corrected chi connectivity index (χ2v) is 11.6. The first-order valence-electron chi connectivity index (χ1n) is 13.1. The number of pyridine rings is 1. The quantitative estimate of drug-likeness (QED) is 0.307. The van der Waals surface area contributed by atoms with Gasteiger partial charge in [0.25, 0.3) is 0 Å². The van der Waals surface area contributed by atoms with Crippen molar-refractivity contribution in [3.05, 3.63) is 54.7 Å². The monoisotopic (exact) mass is 529 g/mol. The van der Waals surface area contributed by atoms with E-state index >= 15 is 0 Å². The van der Waals surface area contributed by atoms with Gasteiger partial charge in [0.15, 0.2) is 5.65 Å². The molecule has 4 fully saturated rings. The smallest absolute Gasteiger partial charge is 0.230 e. The first-order valence-corrected chi connectivity index (χ1v) is 13.4. The van der Waals surface area contributed by atoms with Crippen LogP contribution in [0.1, 0.15) is 50.3 Å². The van der Waals surface area contributed by atoms with Crippen LogP contribution in [0.2, 0.25) is 0 Å². The Balaban J connectivity index is 1.18. The second-order valence-electron chi connectivity index (χ2n) is 10.8. The van der Waals surface area contributed by atoms with E-state index in [1.807, 2.05) is 41.8 Å². The molecule has 3 saturated carbocycles. The van der Waals surface area contributed by atoms with Crippen molar-refractivity contribution in [2.45, 2.75) is 56.6 Å². The number of hydrogen-bond acceptors (Lipinski definition) is 7. The van der Waals surface area contributed by atoms with E-state index in [9.17, 15) is 4.79 Å². The number of ether oxygens (including phenoxy) is 1. The topological polar surface area (TPSA) is 107 Å². The first kappa shape index (κ1) is 23.5. The molecule has 4 aliphatic rings. The molecular weight excluding hydrogens is 502 g/mol. The molecule has 4 heterocycles. The van der Waals surface area contributed by atoms with Crippen molar-refractivity contribution in [2.24, 2.45) is 5.41 Å². The van der Waals surface area contributed by atoms with Crippen molar-refractivity contribution in [2.75, 3.05) is 17.2 Å². The van der Waals surface area contributed by atoms with Crippen molar-refractivity contribution < 1.29 is 9.53 Å². The van der Waals surface area contributed by atoms with Crippen molar-refractivity contribution in [3.8, 4) is 11.3 Å². The molecule has 194 valence electrons. The first-order chi connectivity index (χ1) is 18.4. The number of imidazole rings is 1. The molecule has 4 aromatic rings. The standard InChI is InChI=1S/C28H28ClN7O2/c1-17-7-8-18(34-26(37)27-12-28(29,13-27)14-27)11-20(17)35-24-19(5-4-9-30-24)22-23-25(32-15-31-22)36(16-33-23)21-6-2-3-10-38-21/h4-5,7-9,11,15-16,21H,2-3,6,10,12-14H2,1H3,(H,30,35)(H,34,37). The van der Waals surface area contributed by atoms with Crippen LogP contribution in [0.4, 0.5) is 17.2 Å². The third kappa shape index (κ3) is 3.84. The molecule has 2 N–H and O–H groups in total. The third-order valence-electron chi connectivity index (χ3n) is 8.08. The van der Waals surface area contributed by atoms with Crippen LogP contribution in [0.15, 0.2) is 49.2 Å². The van der Waals surface area contributed by atoms with E-state index in [2.05, 4.69) is 30.6 Å². The summed E-state index contributed by atoms with van der Waals surface area (Å²) in [6.45, 7) is 2.76. The van der Waals surface area contributed by atoms with E-state index < -0.39 is 0 Å². The highest BCUT2D eigenvalue weighted by Crippen LogP contribution is 2.71. The highest BCUT2D eigenvalue weighted by atomic mass is 35.5. The lowest BCUT2D eigenvalue weighted by Crippen LogP contribution is -2.68. The van der Waals surface area contributed by atoms with Crippen molar-refractivity contribution in [3.63, 3.8) is 0 Å². The Morgan fingerprint density at radius 3 is 2.79 bits per heavy atom. The predicted molar refractivity (Wildman–Crippen MR) is 145 cm³/mol. The number of aromatic nitrogens is 5. The molecule has 9 nitrogen and oxygen atoms in total. The van der Waals surface area contributed by atoms with Crippen LogP contribution in [0.3, 0.4) is 0 Å². The fraction of sp³-hybridized carbons (Fsp3) is 0.393. The Labute approximate surface area is 225 Å². The van der Waals surface area contributed by atoms with Crippen LogP contribution in [0, 0.1) is 12.3 Å². The van der Waals surface area contributed by atoms with E-state index in [1.54, 1.807) is 18.9 Å². The summed E-state index contributed by atoms with van der Waals surface area (Å²) in [5.41, 5.74) is 5.27. The van der Waals surface area contributed by atoms with Gasteiger partial charge in [-0.05, 0) is 75.3 Å². The number of alkyl halides is 1. The number of halogens is 1. The van der Waals surface area contributed by atoms with Crippen molar-refractivity contribution in [1.29, 1.82) is 0 Å². The van der Waals surface area contributed by atoms with Gasteiger partial charge in [0.05, 0.1) is 11.7 Å². The van der Waals surface area contributed by atoms with Crippen molar-refractivity contribution in [1.82, 2.24) is 24.5 Å². The molecule has 1 aliphatic heterocycles. The van der Waals surface area contributed by atoms with Gasteiger partial charge in [0.2, 0.25) is 5.91 Å². The number of carbonyl (C=O) groups is 1. The van der Waals surface area contributed by atoms with Gasteiger partial charge in [-0.3, -0.25) is 9.36 Å². The van der Waals surface area contributed by atoms with Crippen LogP contribution < -0.4 is 10.6 Å². The maximum atomic E-state index is 12.9. The maximum absolute atomic E-state index is 12.9. The summed E-state index contributed by atoms with van der Waals surface area (Å²) in [5.74, 6) is 0.695. The van der Waals surface area contributed by atoms with Crippen LogP contribution in [-0.2, 0) is 9.53 Å². The van der Waals surface area contributed by atoms with Crippen LogP contribution in [-0.4, -0.2) is 41.9 Å². The molecule has 38 heavy (non-hydrogen) atoms. The minimum Gasteiger partial charge on any atom is -0.358 e. The van der Waals surface area contributed by atoms with Crippen LogP contribution in [0.25, 0.3) is 22.4 Å². The maximum Gasteiger partial charge on any atom is 0.230 e. The molecule has 1 unspecified atom stereocenters. The summed E-state index contributed by atoms with van der Waals surface area (Å²) in [6.07, 6.45) is 10.4. The minimum atomic E-state index is -0.293. The average molecular weight is 530 g/mol. The van der Waals surface area contributed by atoms with Gasteiger partial charge in [-0.15, -0.1) is 11.6 Å².